The van der Waals surface area contributed by atoms with Gasteiger partial charge in [-0.2, -0.15) is 0 Å². The molecular formula is C39H58N2O5S. The van der Waals surface area contributed by atoms with Crippen molar-refractivity contribution in [1.29, 1.82) is 0 Å². The molecule has 5 fully saturated rings. The summed E-state index contributed by atoms with van der Waals surface area (Å²) in [6.07, 6.45) is 13.1. The van der Waals surface area contributed by atoms with Gasteiger partial charge in [0.1, 0.15) is 6.61 Å². The van der Waals surface area contributed by atoms with E-state index in [2.05, 4.69) is 39.3 Å². The van der Waals surface area contributed by atoms with Crippen molar-refractivity contribution in [2.45, 2.75) is 136 Å². The van der Waals surface area contributed by atoms with Crippen LogP contribution in [0, 0.1) is 40.4 Å². The van der Waals surface area contributed by atoms with Crippen molar-refractivity contribution in [2.24, 2.45) is 40.4 Å². The van der Waals surface area contributed by atoms with Gasteiger partial charge in [0.25, 0.3) is 0 Å². The van der Waals surface area contributed by atoms with Crippen LogP contribution < -0.4 is 4.72 Å². The highest BCUT2D eigenvalue weighted by Crippen LogP contribution is 2.68. The maximum atomic E-state index is 13.6. The Morgan fingerprint density at radius 1 is 1.06 bits per heavy atom. The SMILES string of the molecule is CC1=C2C[C@@H]3[C@@]4(C)CC[C@@H](NS(C)(=O)=O)C[C@H](CC[C@@]3(C)[C@@H]2CC[C@@]2(C1)O[C@@H]1C[C@H](C)CN(C(=O)OCc3ccccc3)[C@H]1[C@H]2C)C4. The average molecular weight is 667 g/mol. The molecule has 0 unspecified atom stereocenters. The molecule has 6 aliphatic rings. The quantitative estimate of drug-likeness (QED) is 0.331. The molecular weight excluding hydrogens is 609 g/mol. The number of hydrogen-bond acceptors (Lipinski definition) is 5. The van der Waals surface area contributed by atoms with Gasteiger partial charge in [-0.1, -0.05) is 69.2 Å². The molecule has 1 spiro atoms. The average Bonchev–Trinajstić information content (AvgIpc) is 3.27. The summed E-state index contributed by atoms with van der Waals surface area (Å²) < 4.78 is 40.4. The molecule has 2 heterocycles. The molecule has 1 aromatic carbocycles. The summed E-state index contributed by atoms with van der Waals surface area (Å²) in [5, 5.41) is 0. The highest BCUT2D eigenvalue weighted by Gasteiger charge is 2.62. The largest absolute Gasteiger partial charge is 0.445 e. The summed E-state index contributed by atoms with van der Waals surface area (Å²) in [6, 6.07) is 10.1. The van der Waals surface area contributed by atoms with Crippen LogP contribution in [0.15, 0.2) is 41.5 Å². The third kappa shape index (κ3) is 6.11. The lowest BCUT2D eigenvalue weighted by Gasteiger charge is -2.45. The first-order valence-electron chi connectivity index (χ1n) is 18.5. The van der Waals surface area contributed by atoms with Gasteiger partial charge >= 0.3 is 6.09 Å². The lowest BCUT2D eigenvalue weighted by atomic mass is 9.59. The smallest absolute Gasteiger partial charge is 0.410 e. The summed E-state index contributed by atoms with van der Waals surface area (Å²) in [4.78, 5) is 15.7. The zero-order valence-electron chi connectivity index (χ0n) is 29.6. The van der Waals surface area contributed by atoms with E-state index < -0.39 is 10.0 Å². The Bertz CT molecular complexity index is 1500. The fraction of sp³-hybridized carbons (Fsp3) is 0.769. The topological polar surface area (TPSA) is 84.9 Å². The molecule has 1 amide bonds. The van der Waals surface area contributed by atoms with Gasteiger partial charge in [0, 0.05) is 18.5 Å². The van der Waals surface area contributed by atoms with Crippen molar-refractivity contribution in [3.63, 3.8) is 0 Å². The van der Waals surface area contributed by atoms with Gasteiger partial charge in [0.15, 0.2) is 0 Å². The molecule has 11 atom stereocenters. The number of sulfonamides is 1. The number of amides is 1. The number of piperidine rings is 1. The molecule has 7 rings (SSSR count). The van der Waals surface area contributed by atoms with Gasteiger partial charge in [-0.3, -0.25) is 0 Å². The number of hydrogen-bond donors (Lipinski definition) is 1. The predicted molar refractivity (Wildman–Crippen MR) is 185 cm³/mol. The summed E-state index contributed by atoms with van der Waals surface area (Å²) in [6.45, 7) is 13.1. The molecule has 3 saturated carbocycles. The number of nitrogens with one attached hydrogen (secondary N) is 1. The van der Waals surface area contributed by atoms with Crippen LogP contribution in [-0.2, 0) is 26.1 Å². The van der Waals surface area contributed by atoms with E-state index in [1.807, 2.05) is 35.2 Å². The van der Waals surface area contributed by atoms with Gasteiger partial charge in [0.05, 0.1) is 24.0 Å². The Kier molecular flexibility index (Phi) is 8.69. The van der Waals surface area contributed by atoms with Gasteiger partial charge in [-0.15, -0.1) is 0 Å². The third-order valence-corrected chi connectivity index (χ3v) is 15.0. The Morgan fingerprint density at radius 3 is 2.57 bits per heavy atom. The fourth-order valence-corrected chi connectivity index (χ4v) is 13.0. The monoisotopic (exact) mass is 666 g/mol. The minimum Gasteiger partial charge on any atom is -0.445 e. The molecule has 0 radical (unpaired) electrons. The molecule has 4 aliphatic carbocycles. The zero-order chi connectivity index (χ0) is 33.4. The van der Waals surface area contributed by atoms with Crippen LogP contribution in [0.1, 0.15) is 111 Å². The number of likely N-dealkylation sites (tertiary alicyclic amines) is 1. The van der Waals surface area contributed by atoms with Crippen molar-refractivity contribution in [3.05, 3.63) is 47.0 Å². The molecule has 8 heteroatoms. The fourth-order valence-electron chi connectivity index (χ4n) is 12.2. The van der Waals surface area contributed by atoms with Crippen LogP contribution in [0.5, 0.6) is 0 Å². The van der Waals surface area contributed by atoms with Crippen LogP contribution in [0.4, 0.5) is 4.79 Å². The minimum atomic E-state index is -3.20. The van der Waals surface area contributed by atoms with E-state index in [1.54, 1.807) is 5.57 Å². The summed E-state index contributed by atoms with van der Waals surface area (Å²) >= 11 is 0. The molecule has 1 aromatic rings. The number of allylic oxidation sites excluding steroid dienone is 1. The number of rotatable bonds is 4. The van der Waals surface area contributed by atoms with Crippen LogP contribution in [0.3, 0.4) is 0 Å². The van der Waals surface area contributed by atoms with Crippen LogP contribution in [0.2, 0.25) is 0 Å². The molecule has 47 heavy (non-hydrogen) atoms. The number of nitrogens with zero attached hydrogens (tertiary/aromatic N) is 1. The van der Waals surface area contributed by atoms with E-state index in [0.717, 1.165) is 57.1 Å². The predicted octanol–water partition coefficient (Wildman–Crippen LogP) is 7.86. The normalized spacial score (nSPS) is 43.4. The van der Waals surface area contributed by atoms with Gasteiger partial charge in [0.2, 0.25) is 10.0 Å². The summed E-state index contributed by atoms with van der Waals surface area (Å²) in [7, 11) is -3.20. The molecule has 2 aliphatic heterocycles. The van der Waals surface area contributed by atoms with Crippen molar-refractivity contribution >= 4 is 16.1 Å². The molecule has 2 bridgehead atoms. The maximum Gasteiger partial charge on any atom is 0.410 e. The van der Waals surface area contributed by atoms with Crippen molar-refractivity contribution in [2.75, 3.05) is 12.8 Å². The molecule has 0 aromatic heterocycles. The number of ether oxygens (including phenoxy) is 2. The highest BCUT2D eigenvalue weighted by atomic mass is 32.2. The van der Waals surface area contributed by atoms with E-state index in [0.29, 0.717) is 30.3 Å². The first-order valence-corrected chi connectivity index (χ1v) is 20.4. The van der Waals surface area contributed by atoms with Crippen LogP contribution in [-0.4, -0.2) is 56.0 Å². The zero-order valence-corrected chi connectivity index (χ0v) is 30.4. The summed E-state index contributed by atoms with van der Waals surface area (Å²) in [5.41, 5.74) is 4.46. The molecule has 7 nitrogen and oxygen atoms in total. The molecule has 260 valence electrons. The van der Waals surface area contributed by atoms with E-state index in [4.69, 9.17) is 9.47 Å². The van der Waals surface area contributed by atoms with Crippen LogP contribution in [0.25, 0.3) is 0 Å². The Hall–Kier alpha value is -1.90. The minimum absolute atomic E-state index is 0.0434. The van der Waals surface area contributed by atoms with E-state index in [1.165, 1.54) is 37.5 Å². The second-order valence-corrected chi connectivity index (χ2v) is 19.3. The first-order chi connectivity index (χ1) is 22.2. The Balaban J connectivity index is 1.11. The van der Waals surface area contributed by atoms with Gasteiger partial charge < -0.3 is 14.4 Å². The Labute approximate surface area is 283 Å². The first kappa shape index (κ1) is 33.6. The number of carbonyl (C=O) groups excluding carboxylic acids is 1. The van der Waals surface area contributed by atoms with Crippen molar-refractivity contribution < 1.29 is 22.7 Å². The van der Waals surface area contributed by atoms with Gasteiger partial charge in [-0.25, -0.2) is 17.9 Å². The highest BCUT2D eigenvalue weighted by molar-refractivity contribution is 7.88. The standard InChI is InChI=1S/C39H58N2O5S/c1-25-18-33-35(41(23-25)36(42)45-24-28-10-8-7-9-11-28)27(3)39(46-33)17-14-32-31(26(2)21-39)20-34-37(4)15-13-30(40-47(6,43)44)19-29(22-37)12-16-38(32,34)5/h7-11,25,27,29-30,32-35,40H,12-24H2,1-6H3/t25-,27+,29-,30+,32+,33+,34+,35-,37-,38-,39-/m0/s1. The number of benzene rings is 1. The molecule has 1 N–H and O–H groups in total. The van der Waals surface area contributed by atoms with Gasteiger partial charge in [-0.05, 0) is 118 Å². The second-order valence-electron chi connectivity index (χ2n) is 17.5. The second kappa shape index (κ2) is 12.2. The lowest BCUT2D eigenvalue weighted by molar-refractivity contribution is -0.0798. The lowest BCUT2D eigenvalue weighted by Crippen LogP contribution is -2.54. The molecule has 2 saturated heterocycles. The van der Waals surface area contributed by atoms with Crippen molar-refractivity contribution in [1.82, 2.24) is 9.62 Å². The summed E-state index contributed by atoms with van der Waals surface area (Å²) in [5.74, 6) is 2.37. The third-order valence-electron chi connectivity index (χ3n) is 14.2. The van der Waals surface area contributed by atoms with Crippen LogP contribution >= 0.6 is 0 Å². The van der Waals surface area contributed by atoms with E-state index in [9.17, 15) is 13.2 Å². The van der Waals surface area contributed by atoms with E-state index in [-0.39, 0.29) is 46.6 Å². The van der Waals surface area contributed by atoms with Crippen molar-refractivity contribution in [3.8, 4) is 0 Å². The maximum absolute atomic E-state index is 13.6. The Morgan fingerprint density at radius 2 is 1.83 bits per heavy atom. The number of fused-ring (bicyclic) bond motifs is 7. The number of carbonyl (C=O) groups is 1. The van der Waals surface area contributed by atoms with E-state index >= 15 is 0 Å².